The molecule has 0 unspecified atom stereocenters. The van der Waals surface area contributed by atoms with Crippen LogP contribution < -0.4 is 10.5 Å². The average molecular weight is 288 g/mol. The quantitative estimate of drug-likeness (QED) is 0.844. The fourth-order valence-electron chi connectivity index (χ4n) is 1.09. The predicted octanol–water partition coefficient (Wildman–Crippen LogP) is 0.612. The van der Waals surface area contributed by atoms with Gasteiger partial charge in [-0.2, -0.15) is 0 Å². The molecular formula is C10H12N2O4S2. The summed E-state index contributed by atoms with van der Waals surface area (Å²) >= 11 is 0.540. The molecule has 8 heteroatoms. The van der Waals surface area contributed by atoms with Crippen LogP contribution in [0.1, 0.15) is 5.56 Å². The number of carbonyl (C=O) groups is 2. The summed E-state index contributed by atoms with van der Waals surface area (Å²) in [6.45, 7) is 1.82. The molecule has 6 nitrogen and oxygen atoms in total. The Morgan fingerprint density at radius 2 is 1.83 bits per heavy atom. The number of amides is 2. The molecule has 0 aliphatic heterocycles. The second kappa shape index (κ2) is 5.87. The maximum absolute atomic E-state index is 11.7. The molecule has 1 aromatic carbocycles. The lowest BCUT2D eigenvalue weighted by Crippen LogP contribution is -2.32. The Labute approximate surface area is 109 Å². The number of rotatable bonds is 4. The Balaban J connectivity index is 2.73. The van der Waals surface area contributed by atoms with Crippen LogP contribution in [0.15, 0.2) is 29.2 Å². The van der Waals surface area contributed by atoms with Gasteiger partial charge in [0, 0.05) is 0 Å². The van der Waals surface area contributed by atoms with Crippen LogP contribution >= 0.6 is 11.8 Å². The molecule has 0 saturated carbocycles. The molecule has 0 atom stereocenters. The van der Waals surface area contributed by atoms with Crippen LogP contribution in [-0.2, 0) is 14.8 Å². The number of thioether (sulfide) groups is 1. The summed E-state index contributed by atoms with van der Waals surface area (Å²) in [5.41, 5.74) is 5.73. The molecule has 0 fully saturated rings. The minimum absolute atomic E-state index is 0.00877. The van der Waals surface area contributed by atoms with Gasteiger partial charge in [-0.1, -0.05) is 29.5 Å². The number of primary amides is 1. The number of hydrogen-bond donors (Lipinski definition) is 2. The minimum atomic E-state index is -3.89. The van der Waals surface area contributed by atoms with Crippen LogP contribution in [-0.4, -0.2) is 25.3 Å². The van der Waals surface area contributed by atoms with Gasteiger partial charge in [0.25, 0.3) is 15.3 Å². The van der Waals surface area contributed by atoms with Crippen LogP contribution in [0.5, 0.6) is 0 Å². The van der Waals surface area contributed by atoms with Gasteiger partial charge in [0.1, 0.15) is 0 Å². The zero-order valence-electron chi connectivity index (χ0n) is 9.54. The number of aryl methyl sites for hydroxylation is 1. The highest BCUT2D eigenvalue weighted by atomic mass is 32.2. The van der Waals surface area contributed by atoms with Crippen LogP contribution in [0.4, 0.5) is 4.79 Å². The van der Waals surface area contributed by atoms with Gasteiger partial charge >= 0.3 is 0 Å². The van der Waals surface area contributed by atoms with Gasteiger partial charge in [-0.25, -0.2) is 13.1 Å². The first kappa shape index (κ1) is 14.5. The molecule has 0 spiro atoms. The van der Waals surface area contributed by atoms with Crippen LogP contribution in [0.3, 0.4) is 0 Å². The van der Waals surface area contributed by atoms with E-state index in [9.17, 15) is 18.0 Å². The van der Waals surface area contributed by atoms with Crippen molar-refractivity contribution >= 4 is 32.9 Å². The molecule has 0 aliphatic rings. The topological polar surface area (TPSA) is 106 Å². The van der Waals surface area contributed by atoms with Crippen molar-refractivity contribution in [3.8, 4) is 0 Å². The normalized spacial score (nSPS) is 10.9. The van der Waals surface area contributed by atoms with E-state index < -0.39 is 21.2 Å². The third-order valence-corrected chi connectivity index (χ3v) is 4.01. The highest BCUT2D eigenvalue weighted by molar-refractivity contribution is 8.14. The van der Waals surface area contributed by atoms with Crippen molar-refractivity contribution in [3.63, 3.8) is 0 Å². The SMILES string of the molecule is Cc1ccc(S(=O)(=O)NC(=O)CSC(N)=O)cc1. The number of carbonyl (C=O) groups excluding carboxylic acids is 2. The Kier molecular flexibility index (Phi) is 4.74. The molecule has 0 aromatic heterocycles. The highest BCUT2D eigenvalue weighted by Crippen LogP contribution is 2.10. The molecule has 0 radical (unpaired) electrons. The molecule has 18 heavy (non-hydrogen) atoms. The number of nitrogens with two attached hydrogens (primary N) is 1. The first-order valence-corrected chi connectivity index (χ1v) is 7.32. The maximum atomic E-state index is 11.7. The van der Waals surface area contributed by atoms with Gasteiger partial charge in [0.05, 0.1) is 10.6 Å². The van der Waals surface area contributed by atoms with E-state index >= 15 is 0 Å². The van der Waals surface area contributed by atoms with Crippen molar-refractivity contribution in [2.24, 2.45) is 5.73 Å². The molecular weight excluding hydrogens is 276 g/mol. The third-order valence-electron chi connectivity index (χ3n) is 1.93. The van der Waals surface area contributed by atoms with Gasteiger partial charge in [0.15, 0.2) is 0 Å². The summed E-state index contributed by atoms with van der Waals surface area (Å²) in [7, 11) is -3.89. The fourth-order valence-corrected chi connectivity index (χ4v) is 2.51. The largest absolute Gasteiger partial charge is 0.361 e. The second-order valence-electron chi connectivity index (χ2n) is 3.45. The standard InChI is InChI=1S/C10H12N2O4S2/c1-7-2-4-8(5-3-7)18(15,16)12-9(13)6-17-10(11)14/h2-5H,6H2,1H3,(H2,11,14)(H,12,13). The predicted molar refractivity (Wildman–Crippen MR) is 68.5 cm³/mol. The van der Waals surface area contributed by atoms with Gasteiger partial charge < -0.3 is 5.73 Å². The van der Waals surface area contributed by atoms with E-state index in [0.29, 0.717) is 11.8 Å². The van der Waals surface area contributed by atoms with E-state index in [-0.39, 0.29) is 10.6 Å². The molecule has 2 amide bonds. The lowest BCUT2D eigenvalue weighted by molar-refractivity contribution is -0.116. The zero-order chi connectivity index (χ0) is 13.8. The molecule has 1 rings (SSSR count). The number of hydrogen-bond acceptors (Lipinski definition) is 5. The van der Waals surface area contributed by atoms with Gasteiger partial charge in [-0.3, -0.25) is 9.59 Å². The Hall–Kier alpha value is -1.54. The minimum Gasteiger partial charge on any atom is -0.361 e. The summed E-state index contributed by atoms with van der Waals surface area (Å²) in [6, 6.07) is 6.03. The van der Waals surface area contributed by atoms with E-state index in [1.807, 2.05) is 11.6 Å². The van der Waals surface area contributed by atoms with Gasteiger partial charge in [-0.15, -0.1) is 0 Å². The smallest absolute Gasteiger partial charge is 0.276 e. The molecule has 0 heterocycles. The Morgan fingerprint density at radius 3 is 2.33 bits per heavy atom. The molecule has 3 N–H and O–H groups in total. The van der Waals surface area contributed by atoms with E-state index in [0.717, 1.165) is 5.56 Å². The van der Waals surface area contributed by atoms with Crippen molar-refractivity contribution in [2.75, 3.05) is 5.75 Å². The van der Waals surface area contributed by atoms with Crippen LogP contribution in [0.2, 0.25) is 0 Å². The summed E-state index contributed by atoms with van der Waals surface area (Å²) < 4.78 is 25.3. The average Bonchev–Trinajstić information content (AvgIpc) is 2.26. The monoisotopic (exact) mass is 288 g/mol. The number of benzene rings is 1. The number of nitrogens with one attached hydrogen (secondary N) is 1. The molecule has 0 saturated heterocycles. The summed E-state index contributed by atoms with van der Waals surface area (Å²) in [4.78, 5) is 21.7. The first-order chi connectivity index (χ1) is 8.31. The lowest BCUT2D eigenvalue weighted by Gasteiger charge is -2.06. The Bertz CT molecular complexity index is 552. The fraction of sp³-hybridized carbons (Fsp3) is 0.200. The van der Waals surface area contributed by atoms with Crippen molar-refractivity contribution < 1.29 is 18.0 Å². The van der Waals surface area contributed by atoms with Crippen LogP contribution in [0, 0.1) is 6.92 Å². The van der Waals surface area contributed by atoms with Crippen molar-refractivity contribution in [3.05, 3.63) is 29.8 Å². The summed E-state index contributed by atoms with van der Waals surface area (Å²) in [5, 5.41) is -0.738. The van der Waals surface area contributed by atoms with Crippen LogP contribution in [0.25, 0.3) is 0 Å². The van der Waals surface area contributed by atoms with E-state index in [2.05, 4.69) is 0 Å². The third kappa shape index (κ3) is 4.38. The van der Waals surface area contributed by atoms with Gasteiger partial charge in [-0.05, 0) is 19.1 Å². The maximum Gasteiger partial charge on any atom is 0.276 e. The van der Waals surface area contributed by atoms with E-state index in [1.165, 1.54) is 12.1 Å². The lowest BCUT2D eigenvalue weighted by atomic mass is 10.2. The Morgan fingerprint density at radius 1 is 1.28 bits per heavy atom. The zero-order valence-corrected chi connectivity index (χ0v) is 11.2. The van der Waals surface area contributed by atoms with Crippen molar-refractivity contribution in [2.45, 2.75) is 11.8 Å². The van der Waals surface area contributed by atoms with E-state index in [1.54, 1.807) is 12.1 Å². The molecule has 1 aromatic rings. The first-order valence-electron chi connectivity index (χ1n) is 4.86. The molecule has 98 valence electrons. The van der Waals surface area contributed by atoms with E-state index in [4.69, 9.17) is 5.73 Å². The van der Waals surface area contributed by atoms with Gasteiger partial charge in [0.2, 0.25) is 5.91 Å². The molecule has 0 aliphatic carbocycles. The van der Waals surface area contributed by atoms with Crippen molar-refractivity contribution in [1.29, 1.82) is 0 Å². The highest BCUT2D eigenvalue weighted by Gasteiger charge is 2.17. The molecule has 0 bridgehead atoms. The van der Waals surface area contributed by atoms with Crippen molar-refractivity contribution in [1.82, 2.24) is 4.72 Å². The number of sulfonamides is 1. The second-order valence-corrected chi connectivity index (χ2v) is 6.11. The summed E-state index contributed by atoms with van der Waals surface area (Å²) in [5.74, 6) is -1.13. The summed E-state index contributed by atoms with van der Waals surface area (Å²) in [6.07, 6.45) is 0.